The Hall–Kier alpha value is -2.45. The van der Waals surface area contributed by atoms with Crippen molar-refractivity contribution in [2.75, 3.05) is 17.5 Å². The Morgan fingerprint density at radius 1 is 1.13 bits per heavy atom. The van der Waals surface area contributed by atoms with Gasteiger partial charge in [-0.2, -0.15) is 0 Å². The molecule has 4 rings (SSSR count). The van der Waals surface area contributed by atoms with Crippen molar-refractivity contribution >= 4 is 21.7 Å². The number of aromatic nitrogens is 1. The number of hydrogen-bond acceptors (Lipinski definition) is 5. The van der Waals surface area contributed by atoms with Crippen LogP contribution in [0.4, 0.5) is 5.82 Å². The lowest BCUT2D eigenvalue weighted by Crippen LogP contribution is -2.59. The van der Waals surface area contributed by atoms with Crippen molar-refractivity contribution in [2.45, 2.75) is 43.7 Å². The molecule has 1 saturated heterocycles. The minimum atomic E-state index is -3.48. The number of benzene rings is 1. The quantitative estimate of drug-likeness (QED) is 0.779. The van der Waals surface area contributed by atoms with Gasteiger partial charge in [0, 0.05) is 18.5 Å². The maximum Gasteiger partial charge on any atom is 0.272 e. The van der Waals surface area contributed by atoms with Gasteiger partial charge in [0.15, 0.2) is 0 Å². The van der Waals surface area contributed by atoms with Gasteiger partial charge in [0.2, 0.25) is 10.0 Å². The Kier molecular flexibility index (Phi) is 5.55. The van der Waals surface area contributed by atoms with E-state index in [4.69, 9.17) is 0 Å². The third-order valence-electron chi connectivity index (χ3n) is 6.27. The van der Waals surface area contributed by atoms with Crippen molar-refractivity contribution in [2.24, 2.45) is 5.92 Å². The van der Waals surface area contributed by atoms with E-state index in [1.54, 1.807) is 12.1 Å². The van der Waals surface area contributed by atoms with E-state index in [-0.39, 0.29) is 29.4 Å². The fraction of sp³-hybridized carbons (Fsp3) is 0.455. The molecule has 0 bridgehead atoms. The number of piperidine rings is 1. The average molecular weight is 430 g/mol. The van der Waals surface area contributed by atoms with Crippen LogP contribution in [0.25, 0.3) is 0 Å². The molecule has 1 unspecified atom stereocenters. The number of rotatable bonds is 4. The van der Waals surface area contributed by atoms with Crippen molar-refractivity contribution in [1.82, 2.24) is 9.88 Å². The summed E-state index contributed by atoms with van der Waals surface area (Å²) in [5.41, 5.74) is 0.167. The number of aliphatic hydroxyl groups is 1. The smallest absolute Gasteiger partial charge is 0.272 e. The standard InChI is InChI=1S/C22H27N3O4S/c1-30(28,29)24-20-13-7-11-18(23-20)21(26)25-15-14-22(27,16-8-3-2-4-9-16)17-10-5-6-12-19(17)25/h2-4,7-9,11,13,17,19,27H,5-6,10,12,14-15H2,1H3,(H,23,24)/t17-,19+,22?/m1/s1. The summed E-state index contributed by atoms with van der Waals surface area (Å²) >= 11 is 0. The van der Waals surface area contributed by atoms with Crippen molar-refractivity contribution in [3.8, 4) is 0 Å². The van der Waals surface area contributed by atoms with E-state index < -0.39 is 15.6 Å². The number of fused-ring (bicyclic) bond motifs is 1. The molecule has 2 heterocycles. The summed E-state index contributed by atoms with van der Waals surface area (Å²) in [5.74, 6) is -0.135. The molecule has 0 radical (unpaired) electrons. The van der Waals surface area contributed by atoms with Gasteiger partial charge in [0.05, 0.1) is 11.9 Å². The van der Waals surface area contributed by atoms with Crippen LogP contribution in [0.15, 0.2) is 48.5 Å². The zero-order chi connectivity index (χ0) is 21.4. The van der Waals surface area contributed by atoms with E-state index in [1.807, 2.05) is 35.2 Å². The summed E-state index contributed by atoms with van der Waals surface area (Å²) in [6, 6.07) is 14.4. The van der Waals surface area contributed by atoms with Gasteiger partial charge >= 0.3 is 0 Å². The Morgan fingerprint density at radius 3 is 2.60 bits per heavy atom. The van der Waals surface area contributed by atoms with Crippen LogP contribution in [0.2, 0.25) is 0 Å². The van der Waals surface area contributed by atoms with Crippen LogP contribution in [-0.4, -0.2) is 48.2 Å². The van der Waals surface area contributed by atoms with Crippen molar-refractivity contribution in [3.05, 3.63) is 59.8 Å². The van der Waals surface area contributed by atoms with Crippen LogP contribution in [0, 0.1) is 5.92 Å². The van der Waals surface area contributed by atoms with E-state index in [9.17, 15) is 18.3 Å². The second-order valence-corrected chi connectivity index (χ2v) is 10.0. The van der Waals surface area contributed by atoms with E-state index in [1.165, 1.54) is 6.07 Å². The van der Waals surface area contributed by atoms with Crippen molar-refractivity contribution in [3.63, 3.8) is 0 Å². The lowest BCUT2D eigenvalue weighted by atomic mass is 9.66. The van der Waals surface area contributed by atoms with Gasteiger partial charge < -0.3 is 10.0 Å². The van der Waals surface area contributed by atoms with Gasteiger partial charge in [-0.05, 0) is 37.0 Å². The number of likely N-dealkylation sites (tertiary alicyclic amines) is 1. The normalized spacial score (nSPS) is 26.7. The molecule has 2 aromatic rings. The Bertz CT molecular complexity index is 1030. The van der Waals surface area contributed by atoms with E-state index in [2.05, 4.69) is 9.71 Å². The molecular weight excluding hydrogens is 402 g/mol. The fourth-order valence-electron chi connectivity index (χ4n) is 4.97. The predicted molar refractivity (Wildman–Crippen MR) is 114 cm³/mol. The Labute approximate surface area is 177 Å². The van der Waals surface area contributed by atoms with Gasteiger partial charge in [0.1, 0.15) is 11.5 Å². The number of amides is 1. The fourth-order valence-corrected chi connectivity index (χ4v) is 5.46. The van der Waals surface area contributed by atoms with Gasteiger partial charge in [0.25, 0.3) is 5.91 Å². The molecule has 7 nitrogen and oxygen atoms in total. The van der Waals surface area contributed by atoms with Crippen LogP contribution in [0.1, 0.15) is 48.2 Å². The molecule has 1 aliphatic carbocycles. The minimum Gasteiger partial charge on any atom is -0.385 e. The number of nitrogens with zero attached hydrogens (tertiary/aromatic N) is 2. The number of carbonyl (C=O) groups is 1. The zero-order valence-electron chi connectivity index (χ0n) is 17.0. The van der Waals surface area contributed by atoms with Crippen LogP contribution in [0.3, 0.4) is 0 Å². The molecule has 1 aromatic heterocycles. The molecule has 2 N–H and O–H groups in total. The van der Waals surface area contributed by atoms with Gasteiger partial charge in [-0.1, -0.05) is 49.2 Å². The highest BCUT2D eigenvalue weighted by molar-refractivity contribution is 7.92. The van der Waals surface area contributed by atoms with E-state index >= 15 is 0 Å². The summed E-state index contributed by atoms with van der Waals surface area (Å²) in [4.78, 5) is 19.4. The second-order valence-electron chi connectivity index (χ2n) is 8.28. The summed E-state index contributed by atoms with van der Waals surface area (Å²) in [5, 5.41) is 11.6. The average Bonchev–Trinajstić information content (AvgIpc) is 2.73. The first-order valence-corrected chi connectivity index (χ1v) is 12.2. The highest BCUT2D eigenvalue weighted by atomic mass is 32.2. The summed E-state index contributed by atoms with van der Waals surface area (Å²) in [7, 11) is -3.48. The maximum atomic E-state index is 13.3. The monoisotopic (exact) mass is 429 g/mol. The molecule has 3 atom stereocenters. The van der Waals surface area contributed by atoms with Crippen molar-refractivity contribution in [1.29, 1.82) is 0 Å². The van der Waals surface area contributed by atoms with E-state index in [0.29, 0.717) is 13.0 Å². The molecule has 30 heavy (non-hydrogen) atoms. The molecular formula is C22H27N3O4S. The number of pyridine rings is 1. The molecule has 1 aliphatic heterocycles. The van der Waals surface area contributed by atoms with Gasteiger partial charge in [-0.3, -0.25) is 9.52 Å². The molecule has 2 aliphatic rings. The largest absolute Gasteiger partial charge is 0.385 e. The molecule has 8 heteroatoms. The van der Waals surface area contributed by atoms with Crippen LogP contribution in [-0.2, 0) is 15.6 Å². The molecule has 1 aromatic carbocycles. The number of sulfonamides is 1. The van der Waals surface area contributed by atoms with E-state index in [0.717, 1.165) is 37.5 Å². The maximum absolute atomic E-state index is 13.3. The second kappa shape index (κ2) is 8.00. The molecule has 2 fully saturated rings. The lowest BCUT2D eigenvalue weighted by Gasteiger charge is -2.52. The highest BCUT2D eigenvalue weighted by Gasteiger charge is 2.50. The summed E-state index contributed by atoms with van der Waals surface area (Å²) < 4.78 is 25.3. The molecule has 0 spiro atoms. The summed E-state index contributed by atoms with van der Waals surface area (Å²) in [6.07, 6.45) is 5.26. The topological polar surface area (TPSA) is 99.6 Å². The molecule has 1 amide bonds. The molecule has 1 saturated carbocycles. The number of carbonyl (C=O) groups excluding carboxylic acids is 1. The highest BCUT2D eigenvalue weighted by Crippen LogP contribution is 2.47. The third kappa shape index (κ3) is 4.06. The van der Waals surface area contributed by atoms with Crippen LogP contribution < -0.4 is 4.72 Å². The minimum absolute atomic E-state index is 0.0383. The number of hydrogen-bond donors (Lipinski definition) is 2. The van der Waals surface area contributed by atoms with Crippen LogP contribution in [0.5, 0.6) is 0 Å². The first kappa shape index (κ1) is 20.8. The van der Waals surface area contributed by atoms with Gasteiger partial charge in [-0.25, -0.2) is 13.4 Å². The predicted octanol–water partition coefficient (Wildman–Crippen LogP) is 2.75. The van der Waals surface area contributed by atoms with Crippen LogP contribution >= 0.6 is 0 Å². The van der Waals surface area contributed by atoms with Gasteiger partial charge in [-0.15, -0.1) is 0 Å². The zero-order valence-corrected chi connectivity index (χ0v) is 17.8. The Balaban J connectivity index is 1.62. The number of nitrogens with one attached hydrogen (secondary N) is 1. The number of anilines is 1. The first-order valence-electron chi connectivity index (χ1n) is 10.3. The lowest BCUT2D eigenvalue weighted by molar-refractivity contribution is -0.110. The Morgan fingerprint density at radius 2 is 1.87 bits per heavy atom. The van der Waals surface area contributed by atoms with Crippen molar-refractivity contribution < 1.29 is 18.3 Å². The SMILES string of the molecule is CS(=O)(=O)Nc1cccc(C(=O)N2CCC(O)(c3ccccc3)[C@@H]3CCCC[C@@H]32)n1. The summed E-state index contributed by atoms with van der Waals surface area (Å²) in [6.45, 7) is 0.427. The molecule has 160 valence electrons. The third-order valence-corrected chi connectivity index (χ3v) is 6.85. The first-order chi connectivity index (χ1) is 14.3.